The Hall–Kier alpha value is -0.880. The first kappa shape index (κ1) is 30.1. The van der Waals surface area contributed by atoms with Crippen LogP contribution in [0.4, 0.5) is 52.7 Å². The summed E-state index contributed by atoms with van der Waals surface area (Å²) in [5.41, 5.74) is 0. The van der Waals surface area contributed by atoms with Gasteiger partial charge in [-0.25, -0.2) is 0 Å². The van der Waals surface area contributed by atoms with Crippen molar-refractivity contribution in [1.82, 2.24) is 0 Å². The van der Waals surface area contributed by atoms with Crippen LogP contribution in [0.15, 0.2) is 0 Å². The van der Waals surface area contributed by atoms with Crippen molar-refractivity contribution in [2.45, 2.75) is 107 Å². The van der Waals surface area contributed by atoms with E-state index in [9.17, 15) is 52.7 Å². The second-order valence-corrected chi connectivity index (χ2v) is 7.40. The van der Waals surface area contributed by atoms with Crippen LogP contribution in [0, 0.1) is 0 Å². The fourth-order valence-corrected chi connectivity index (χ4v) is 2.77. The number of aliphatic hydroxyl groups is 1. The van der Waals surface area contributed by atoms with E-state index in [0.717, 1.165) is 12.8 Å². The van der Waals surface area contributed by atoms with E-state index in [0.29, 0.717) is 12.8 Å². The molecule has 0 atom stereocenters. The van der Waals surface area contributed by atoms with Crippen molar-refractivity contribution in [1.29, 1.82) is 0 Å². The SMILES string of the molecule is CCCCCCCCCC(F)(F)C(F)(F)C(F)(F)C(F)(F)C(F)(F)C(F)(F)CCCO. The van der Waals surface area contributed by atoms with E-state index >= 15 is 0 Å². The predicted octanol–water partition coefficient (Wildman–Crippen LogP) is 7.71. The van der Waals surface area contributed by atoms with Gasteiger partial charge in [-0.15, -0.1) is 0 Å². The lowest BCUT2D eigenvalue weighted by Crippen LogP contribution is -2.70. The molecule has 13 heteroatoms. The van der Waals surface area contributed by atoms with E-state index in [1.165, 1.54) is 0 Å². The molecule has 0 saturated heterocycles. The summed E-state index contributed by atoms with van der Waals surface area (Å²) < 4.78 is 163. The average molecular weight is 486 g/mol. The van der Waals surface area contributed by atoms with Crippen molar-refractivity contribution in [3.8, 4) is 0 Å². The molecular weight excluding hydrogens is 460 g/mol. The molecule has 0 fully saturated rings. The van der Waals surface area contributed by atoms with Crippen LogP contribution in [0.3, 0.4) is 0 Å². The Kier molecular flexibility index (Phi) is 10.5. The molecule has 0 unspecified atom stereocenters. The molecule has 0 amide bonds. The van der Waals surface area contributed by atoms with Crippen LogP contribution in [0.2, 0.25) is 0 Å². The molecule has 0 bridgehead atoms. The minimum atomic E-state index is -7.52. The molecule has 0 saturated carbocycles. The molecule has 0 spiro atoms. The maximum Gasteiger partial charge on any atom is 0.384 e. The first-order valence-corrected chi connectivity index (χ1v) is 9.75. The topological polar surface area (TPSA) is 20.2 Å². The minimum absolute atomic E-state index is 0.132. The number of halogens is 12. The number of hydrogen-bond acceptors (Lipinski definition) is 1. The van der Waals surface area contributed by atoms with E-state index in [4.69, 9.17) is 5.11 Å². The molecule has 0 aromatic rings. The van der Waals surface area contributed by atoms with Gasteiger partial charge in [-0.3, -0.25) is 0 Å². The molecule has 0 heterocycles. The molecule has 0 aromatic heterocycles. The van der Waals surface area contributed by atoms with Crippen molar-refractivity contribution in [3.63, 3.8) is 0 Å². The Labute approximate surface area is 172 Å². The summed E-state index contributed by atoms with van der Waals surface area (Å²) >= 11 is 0. The molecule has 0 radical (unpaired) electrons. The van der Waals surface area contributed by atoms with Gasteiger partial charge in [0, 0.05) is 19.4 Å². The highest BCUT2D eigenvalue weighted by Gasteiger charge is 2.89. The summed E-state index contributed by atoms with van der Waals surface area (Å²) in [5, 5.41) is 8.32. The van der Waals surface area contributed by atoms with Crippen molar-refractivity contribution in [3.05, 3.63) is 0 Å². The summed E-state index contributed by atoms with van der Waals surface area (Å²) in [5.74, 6) is -41.0. The van der Waals surface area contributed by atoms with E-state index in [-0.39, 0.29) is 12.8 Å². The van der Waals surface area contributed by atoms with Crippen molar-refractivity contribution >= 4 is 0 Å². The molecule has 0 aliphatic rings. The average Bonchev–Trinajstić information content (AvgIpc) is 2.64. The van der Waals surface area contributed by atoms with Gasteiger partial charge in [0.25, 0.3) is 0 Å². The van der Waals surface area contributed by atoms with Gasteiger partial charge in [0.1, 0.15) is 0 Å². The zero-order valence-corrected chi connectivity index (χ0v) is 16.8. The van der Waals surface area contributed by atoms with Gasteiger partial charge in [0.2, 0.25) is 0 Å². The molecule has 0 aliphatic carbocycles. The Morgan fingerprint density at radius 1 is 0.452 bits per heavy atom. The Morgan fingerprint density at radius 3 is 1.13 bits per heavy atom. The molecule has 1 nitrogen and oxygen atoms in total. The second-order valence-electron chi connectivity index (χ2n) is 7.40. The first-order chi connectivity index (χ1) is 13.9. The molecule has 0 rings (SSSR count). The lowest BCUT2D eigenvalue weighted by Gasteiger charge is -2.41. The maximum atomic E-state index is 13.7. The van der Waals surface area contributed by atoms with E-state index in [2.05, 4.69) is 0 Å². The maximum absolute atomic E-state index is 13.7. The van der Waals surface area contributed by atoms with Crippen LogP contribution in [0.25, 0.3) is 0 Å². The van der Waals surface area contributed by atoms with Gasteiger partial charge >= 0.3 is 35.5 Å². The quantitative estimate of drug-likeness (QED) is 0.175. The monoisotopic (exact) mass is 486 g/mol. The van der Waals surface area contributed by atoms with E-state index in [1.807, 2.05) is 6.92 Å². The zero-order valence-electron chi connectivity index (χ0n) is 16.8. The van der Waals surface area contributed by atoms with Crippen molar-refractivity contribution in [2.75, 3.05) is 6.61 Å². The van der Waals surface area contributed by atoms with Crippen LogP contribution in [0.5, 0.6) is 0 Å². The van der Waals surface area contributed by atoms with Gasteiger partial charge < -0.3 is 5.11 Å². The third-order valence-electron chi connectivity index (χ3n) is 4.84. The molecule has 0 aliphatic heterocycles. The summed E-state index contributed by atoms with van der Waals surface area (Å²) in [7, 11) is 0. The van der Waals surface area contributed by atoms with E-state index in [1.54, 1.807) is 0 Å². The third kappa shape index (κ3) is 6.13. The van der Waals surface area contributed by atoms with Crippen LogP contribution in [-0.2, 0) is 0 Å². The summed E-state index contributed by atoms with van der Waals surface area (Å²) in [4.78, 5) is 0. The molecule has 31 heavy (non-hydrogen) atoms. The van der Waals surface area contributed by atoms with Crippen molar-refractivity contribution in [2.24, 2.45) is 0 Å². The standard InChI is InChI=1S/C18H26F12O/c1-2-3-4-5-6-7-8-10-13(19,20)15(23,24)17(27,28)18(29,30)16(25,26)14(21,22)11-9-12-31/h31H,2-12H2,1H3. The van der Waals surface area contributed by atoms with Gasteiger partial charge in [-0.05, 0) is 12.8 Å². The Morgan fingerprint density at radius 2 is 0.774 bits per heavy atom. The van der Waals surface area contributed by atoms with Gasteiger partial charge in [0.05, 0.1) is 0 Å². The summed E-state index contributed by atoms with van der Waals surface area (Å²) in [6.07, 6.45) is -3.31. The number of unbranched alkanes of at least 4 members (excludes halogenated alkanes) is 6. The third-order valence-corrected chi connectivity index (χ3v) is 4.84. The molecular formula is C18H26F12O. The fraction of sp³-hybridized carbons (Fsp3) is 1.00. The second kappa shape index (κ2) is 10.8. The number of alkyl halides is 12. The lowest BCUT2D eigenvalue weighted by molar-refractivity contribution is -0.425. The van der Waals surface area contributed by atoms with Crippen LogP contribution in [0.1, 0.15) is 71.1 Å². The smallest absolute Gasteiger partial charge is 0.384 e. The summed E-state index contributed by atoms with van der Waals surface area (Å²) in [6, 6.07) is 0. The molecule has 0 aromatic carbocycles. The fourth-order valence-electron chi connectivity index (χ4n) is 2.77. The largest absolute Gasteiger partial charge is 0.396 e. The van der Waals surface area contributed by atoms with Crippen LogP contribution in [-0.4, -0.2) is 47.2 Å². The van der Waals surface area contributed by atoms with Crippen LogP contribution < -0.4 is 0 Å². The number of hydrogen-bond donors (Lipinski definition) is 1. The summed E-state index contributed by atoms with van der Waals surface area (Å²) in [6.45, 7) is 0.658. The lowest BCUT2D eigenvalue weighted by atomic mass is 9.88. The number of aliphatic hydroxyl groups excluding tert-OH is 1. The highest BCUT2D eigenvalue weighted by Crippen LogP contribution is 2.61. The highest BCUT2D eigenvalue weighted by atomic mass is 19.4. The predicted molar refractivity (Wildman–Crippen MR) is 88.6 cm³/mol. The molecule has 188 valence electrons. The Balaban J connectivity index is 5.53. The van der Waals surface area contributed by atoms with Gasteiger partial charge in [0.15, 0.2) is 0 Å². The highest BCUT2D eigenvalue weighted by molar-refractivity contribution is 5.11. The van der Waals surface area contributed by atoms with Gasteiger partial charge in [-0.1, -0.05) is 45.4 Å². The normalized spacial score (nSPS) is 14.9. The number of rotatable bonds is 16. The van der Waals surface area contributed by atoms with Crippen LogP contribution >= 0.6 is 0 Å². The van der Waals surface area contributed by atoms with E-state index < -0.39 is 67.8 Å². The van der Waals surface area contributed by atoms with Crippen molar-refractivity contribution < 1.29 is 57.8 Å². The Bertz CT molecular complexity index is 534. The first-order valence-electron chi connectivity index (χ1n) is 9.75. The van der Waals surface area contributed by atoms with Gasteiger partial charge in [-0.2, -0.15) is 52.7 Å². The molecule has 1 N–H and O–H groups in total. The zero-order chi connectivity index (χ0) is 24.8. The minimum Gasteiger partial charge on any atom is -0.396 e.